The molecule has 0 radical (unpaired) electrons. The number of pyridine rings is 1. The highest BCUT2D eigenvalue weighted by Gasteiger charge is 2.28. The van der Waals surface area contributed by atoms with E-state index in [1.807, 2.05) is 0 Å². The summed E-state index contributed by atoms with van der Waals surface area (Å²) in [6.45, 7) is 0.292. The molecule has 0 saturated heterocycles. The third-order valence-corrected chi connectivity index (χ3v) is 4.19. The van der Waals surface area contributed by atoms with E-state index in [4.69, 9.17) is 0 Å². The van der Waals surface area contributed by atoms with E-state index in [-0.39, 0.29) is 11.7 Å². The van der Waals surface area contributed by atoms with Crippen LogP contribution in [0.1, 0.15) is 29.1 Å². The molecular weight excluding hydrogens is 378 g/mol. The molecule has 0 bridgehead atoms. The van der Waals surface area contributed by atoms with Gasteiger partial charge in [0.1, 0.15) is 17.3 Å². The maximum absolute atomic E-state index is 13.4. The molecule has 0 saturated carbocycles. The van der Waals surface area contributed by atoms with Gasteiger partial charge in [0.25, 0.3) is 5.91 Å². The van der Waals surface area contributed by atoms with E-state index in [0.717, 1.165) is 5.39 Å². The second-order valence-electron chi connectivity index (χ2n) is 6.31. The van der Waals surface area contributed by atoms with Gasteiger partial charge in [-0.25, -0.2) is 4.39 Å². The lowest BCUT2D eigenvalue weighted by atomic mass is 10.2. The van der Waals surface area contributed by atoms with Crippen molar-refractivity contribution in [2.24, 2.45) is 7.05 Å². The molecule has 0 aliphatic rings. The summed E-state index contributed by atoms with van der Waals surface area (Å²) in [5.74, 6) is -0.799. The summed E-state index contributed by atoms with van der Waals surface area (Å²) in [6.07, 6.45) is -3.26. The fourth-order valence-electron chi connectivity index (χ4n) is 2.76. The maximum Gasteiger partial charge on any atom is 0.422 e. The number of fused-ring (bicyclic) bond motifs is 1. The number of amides is 1. The highest BCUT2D eigenvalue weighted by Crippen LogP contribution is 2.22. The predicted octanol–water partition coefficient (Wildman–Crippen LogP) is 4.14. The average Bonchev–Trinajstić information content (AvgIpc) is 2.96. The second kappa shape index (κ2) is 7.49. The molecule has 3 rings (SSSR count). The quantitative estimate of drug-likeness (QED) is 0.661. The lowest BCUT2D eigenvalue weighted by molar-refractivity contribution is -0.153. The number of rotatable bonds is 5. The van der Waals surface area contributed by atoms with Crippen molar-refractivity contribution < 1.29 is 27.1 Å². The minimum absolute atomic E-state index is 0.0182. The van der Waals surface area contributed by atoms with Crippen molar-refractivity contribution in [3.05, 3.63) is 59.8 Å². The third-order valence-electron chi connectivity index (χ3n) is 4.19. The number of hydrogen-bond donors (Lipinski definition) is 1. The molecule has 148 valence electrons. The van der Waals surface area contributed by atoms with Gasteiger partial charge < -0.3 is 14.6 Å². The molecule has 2 aromatic heterocycles. The molecule has 1 atom stereocenters. The van der Waals surface area contributed by atoms with Crippen molar-refractivity contribution in [2.45, 2.75) is 19.1 Å². The molecule has 0 spiro atoms. The van der Waals surface area contributed by atoms with Crippen molar-refractivity contribution in [1.29, 1.82) is 0 Å². The number of aryl methyl sites for hydroxylation is 1. The topological polar surface area (TPSA) is 56.2 Å². The molecule has 2 heterocycles. The largest absolute Gasteiger partial charge is 0.483 e. The smallest absolute Gasteiger partial charge is 0.422 e. The first-order chi connectivity index (χ1) is 13.1. The lowest BCUT2D eigenvalue weighted by Gasteiger charge is -2.15. The number of ether oxygens (including phenoxy) is 1. The van der Waals surface area contributed by atoms with Crippen molar-refractivity contribution in [2.75, 3.05) is 6.61 Å². The van der Waals surface area contributed by atoms with Gasteiger partial charge in [-0.05, 0) is 43.3 Å². The van der Waals surface area contributed by atoms with Crippen LogP contribution in [0.25, 0.3) is 10.9 Å². The van der Waals surface area contributed by atoms with Gasteiger partial charge in [-0.3, -0.25) is 9.78 Å². The Kier molecular flexibility index (Phi) is 5.26. The zero-order valence-electron chi connectivity index (χ0n) is 15.0. The predicted molar refractivity (Wildman–Crippen MR) is 94.5 cm³/mol. The fraction of sp³-hybridized carbons (Fsp3) is 0.263. The number of nitrogens with one attached hydrogen (secondary N) is 1. The number of carbonyl (C=O) groups excluding carboxylic acids is 1. The van der Waals surface area contributed by atoms with Crippen LogP contribution in [-0.2, 0) is 7.05 Å². The van der Waals surface area contributed by atoms with E-state index in [9.17, 15) is 22.4 Å². The van der Waals surface area contributed by atoms with Crippen molar-refractivity contribution in [1.82, 2.24) is 14.9 Å². The number of benzene rings is 1. The second-order valence-corrected chi connectivity index (χ2v) is 6.31. The van der Waals surface area contributed by atoms with Crippen LogP contribution in [0.2, 0.25) is 0 Å². The molecule has 1 amide bonds. The fourth-order valence-corrected chi connectivity index (χ4v) is 2.76. The Morgan fingerprint density at radius 1 is 1.25 bits per heavy atom. The Morgan fingerprint density at radius 3 is 2.64 bits per heavy atom. The monoisotopic (exact) mass is 395 g/mol. The van der Waals surface area contributed by atoms with Gasteiger partial charge in [0.05, 0.1) is 23.4 Å². The van der Waals surface area contributed by atoms with E-state index in [1.165, 1.54) is 30.5 Å². The SMILES string of the molecule is C[C@@H](NC(=O)c1cc2ccc(F)cc2n1C)c1ccc(OCC(F)(F)F)cn1. The van der Waals surface area contributed by atoms with E-state index in [0.29, 0.717) is 16.9 Å². The summed E-state index contributed by atoms with van der Waals surface area (Å²) in [5.41, 5.74) is 1.39. The molecule has 9 heteroatoms. The van der Waals surface area contributed by atoms with Crippen LogP contribution in [0.3, 0.4) is 0 Å². The number of halogens is 4. The van der Waals surface area contributed by atoms with Gasteiger partial charge in [-0.1, -0.05) is 0 Å². The van der Waals surface area contributed by atoms with Crippen LogP contribution in [0.5, 0.6) is 5.75 Å². The van der Waals surface area contributed by atoms with Gasteiger partial charge in [0, 0.05) is 12.4 Å². The normalized spacial score (nSPS) is 12.8. The van der Waals surface area contributed by atoms with Crippen molar-refractivity contribution >= 4 is 16.8 Å². The van der Waals surface area contributed by atoms with Crippen LogP contribution in [0.4, 0.5) is 17.6 Å². The summed E-state index contributed by atoms with van der Waals surface area (Å²) in [7, 11) is 1.66. The summed E-state index contributed by atoms with van der Waals surface area (Å²) in [4.78, 5) is 16.6. The maximum atomic E-state index is 13.4. The molecule has 28 heavy (non-hydrogen) atoms. The van der Waals surface area contributed by atoms with Crippen LogP contribution in [0.15, 0.2) is 42.6 Å². The first-order valence-electron chi connectivity index (χ1n) is 8.35. The Morgan fingerprint density at radius 2 is 2.00 bits per heavy atom. The molecule has 0 unspecified atom stereocenters. The van der Waals surface area contributed by atoms with Crippen LogP contribution >= 0.6 is 0 Å². The first-order valence-corrected chi connectivity index (χ1v) is 8.35. The number of nitrogens with zero attached hydrogens (tertiary/aromatic N) is 2. The molecule has 0 aliphatic carbocycles. The molecule has 0 aliphatic heterocycles. The molecule has 5 nitrogen and oxygen atoms in total. The van der Waals surface area contributed by atoms with Gasteiger partial charge in [0.15, 0.2) is 6.61 Å². The Labute approximate surface area is 157 Å². The zero-order chi connectivity index (χ0) is 20.5. The molecule has 3 aromatic rings. The van der Waals surface area contributed by atoms with E-state index < -0.39 is 24.6 Å². The van der Waals surface area contributed by atoms with Gasteiger partial charge in [-0.15, -0.1) is 0 Å². The van der Waals surface area contributed by atoms with Crippen LogP contribution < -0.4 is 10.1 Å². The summed E-state index contributed by atoms with van der Waals surface area (Å²) >= 11 is 0. The Balaban J connectivity index is 1.70. The molecule has 1 N–H and O–H groups in total. The van der Waals surface area contributed by atoms with Crippen molar-refractivity contribution in [3.63, 3.8) is 0 Å². The number of hydrogen-bond acceptors (Lipinski definition) is 3. The highest BCUT2D eigenvalue weighted by molar-refractivity contribution is 5.98. The van der Waals surface area contributed by atoms with Gasteiger partial charge >= 0.3 is 6.18 Å². The Bertz CT molecular complexity index is 997. The molecular formula is C19H17F4N3O2. The van der Waals surface area contributed by atoms with E-state index in [2.05, 4.69) is 15.0 Å². The standard InChI is InChI=1S/C19H17F4N3O2/c1-11(15-6-5-14(9-24-15)28-10-19(21,22)23)25-18(27)17-7-12-3-4-13(20)8-16(12)26(17)2/h3-9,11H,10H2,1-2H3,(H,25,27)/t11-/m1/s1. The Hall–Kier alpha value is -3.10. The molecule has 0 fully saturated rings. The van der Waals surface area contributed by atoms with E-state index in [1.54, 1.807) is 30.7 Å². The number of aromatic nitrogens is 2. The summed E-state index contributed by atoms with van der Waals surface area (Å²) < 4.78 is 56.1. The summed E-state index contributed by atoms with van der Waals surface area (Å²) in [6, 6.07) is 8.24. The van der Waals surface area contributed by atoms with E-state index >= 15 is 0 Å². The van der Waals surface area contributed by atoms with Crippen molar-refractivity contribution in [3.8, 4) is 5.75 Å². The van der Waals surface area contributed by atoms with Gasteiger partial charge in [0.2, 0.25) is 0 Å². The van der Waals surface area contributed by atoms with Crippen LogP contribution in [-0.4, -0.2) is 28.2 Å². The zero-order valence-corrected chi connectivity index (χ0v) is 15.0. The van der Waals surface area contributed by atoms with Gasteiger partial charge in [-0.2, -0.15) is 13.2 Å². The number of carbonyl (C=O) groups is 1. The average molecular weight is 395 g/mol. The lowest BCUT2D eigenvalue weighted by Crippen LogP contribution is -2.28. The summed E-state index contributed by atoms with van der Waals surface area (Å²) in [5, 5.41) is 3.50. The third kappa shape index (κ3) is 4.41. The van der Waals surface area contributed by atoms with Crippen LogP contribution in [0, 0.1) is 5.82 Å². The number of alkyl halides is 3. The minimum atomic E-state index is -4.43. The highest BCUT2D eigenvalue weighted by atomic mass is 19.4. The first kappa shape index (κ1) is 19.7. The molecule has 1 aromatic carbocycles. The minimum Gasteiger partial charge on any atom is -0.483 e.